The van der Waals surface area contributed by atoms with Crippen LogP contribution in [0.25, 0.3) is 0 Å². The highest BCUT2D eigenvalue weighted by molar-refractivity contribution is 6.06. The number of carbonyl (C=O) groups is 2. The van der Waals surface area contributed by atoms with Gasteiger partial charge in [0.05, 0.1) is 11.6 Å². The van der Waals surface area contributed by atoms with Gasteiger partial charge in [0, 0.05) is 11.4 Å². The first-order valence-corrected chi connectivity index (χ1v) is 7.76. The van der Waals surface area contributed by atoms with Gasteiger partial charge >= 0.3 is 6.03 Å². The number of hydrogen-bond donors (Lipinski definition) is 3. The molecule has 0 fully saturated rings. The second-order valence-electron chi connectivity index (χ2n) is 5.80. The summed E-state index contributed by atoms with van der Waals surface area (Å²) in [7, 11) is 0. The summed E-state index contributed by atoms with van der Waals surface area (Å²) in [5, 5.41) is 8.40. The topological polar surface area (TPSA) is 70.2 Å². The molecule has 0 aliphatic carbocycles. The number of carbonyl (C=O) groups excluding carboxylic acids is 2. The Morgan fingerprint density at radius 2 is 1.79 bits per heavy atom. The van der Waals surface area contributed by atoms with Crippen LogP contribution in [0.5, 0.6) is 0 Å². The van der Waals surface area contributed by atoms with E-state index in [9.17, 15) is 9.59 Å². The summed E-state index contributed by atoms with van der Waals surface area (Å²) < 4.78 is 0. The van der Waals surface area contributed by atoms with Gasteiger partial charge in [0.2, 0.25) is 0 Å². The Morgan fingerprint density at radius 1 is 1.04 bits per heavy atom. The highest BCUT2D eigenvalue weighted by Gasteiger charge is 2.31. The largest absolute Gasteiger partial charge is 0.327 e. The average Bonchev–Trinajstić information content (AvgIpc) is 2.55. The molecule has 0 unspecified atom stereocenters. The number of allylic oxidation sites excluding steroid dienone is 1. The van der Waals surface area contributed by atoms with E-state index < -0.39 is 6.04 Å². The van der Waals surface area contributed by atoms with Gasteiger partial charge in [-0.05, 0) is 31.5 Å². The number of hydrogen-bond acceptors (Lipinski definition) is 2. The number of anilines is 1. The number of para-hydroxylation sites is 1. The first-order chi connectivity index (χ1) is 11.5. The van der Waals surface area contributed by atoms with Crippen molar-refractivity contribution in [1.29, 1.82) is 0 Å². The minimum atomic E-state index is -0.484. The second-order valence-corrected chi connectivity index (χ2v) is 5.80. The fourth-order valence-corrected chi connectivity index (χ4v) is 2.81. The van der Waals surface area contributed by atoms with Crippen LogP contribution in [-0.4, -0.2) is 11.9 Å². The maximum absolute atomic E-state index is 12.8. The van der Waals surface area contributed by atoms with Gasteiger partial charge in [-0.1, -0.05) is 48.0 Å². The number of benzene rings is 2. The normalized spacial score (nSPS) is 17.1. The van der Waals surface area contributed by atoms with Crippen molar-refractivity contribution in [3.63, 3.8) is 0 Å². The number of amides is 3. The van der Waals surface area contributed by atoms with Gasteiger partial charge in [0.1, 0.15) is 0 Å². The molecule has 0 aromatic heterocycles. The second kappa shape index (κ2) is 6.58. The molecule has 3 amide bonds. The van der Waals surface area contributed by atoms with E-state index >= 15 is 0 Å². The van der Waals surface area contributed by atoms with Gasteiger partial charge < -0.3 is 16.0 Å². The maximum Gasteiger partial charge on any atom is 0.319 e. The maximum atomic E-state index is 12.8. The Morgan fingerprint density at radius 3 is 2.50 bits per heavy atom. The lowest BCUT2D eigenvalue weighted by Gasteiger charge is -2.28. The molecule has 0 radical (unpaired) electrons. The molecule has 2 aromatic rings. The van der Waals surface area contributed by atoms with Crippen molar-refractivity contribution in [3.8, 4) is 0 Å². The molecule has 122 valence electrons. The fourth-order valence-electron chi connectivity index (χ4n) is 2.81. The molecular formula is C19H19N3O2. The third kappa shape index (κ3) is 3.30. The first-order valence-electron chi connectivity index (χ1n) is 7.76. The van der Waals surface area contributed by atoms with E-state index in [1.165, 1.54) is 0 Å². The fraction of sp³-hybridized carbons (Fsp3) is 0.158. The number of urea groups is 1. The Hall–Kier alpha value is -3.08. The van der Waals surface area contributed by atoms with E-state index in [2.05, 4.69) is 16.0 Å². The molecule has 0 saturated carbocycles. The lowest BCUT2D eigenvalue weighted by Crippen LogP contribution is -2.46. The predicted molar refractivity (Wildman–Crippen MR) is 93.4 cm³/mol. The van der Waals surface area contributed by atoms with Crippen molar-refractivity contribution in [2.24, 2.45) is 0 Å². The molecular weight excluding hydrogens is 302 g/mol. The molecule has 5 heteroatoms. The predicted octanol–water partition coefficient (Wildman–Crippen LogP) is 3.26. The average molecular weight is 321 g/mol. The monoisotopic (exact) mass is 321 g/mol. The van der Waals surface area contributed by atoms with E-state index in [1.807, 2.05) is 61.5 Å². The van der Waals surface area contributed by atoms with Crippen molar-refractivity contribution < 1.29 is 9.59 Å². The zero-order valence-electron chi connectivity index (χ0n) is 13.6. The molecule has 3 rings (SSSR count). The molecule has 1 aliphatic heterocycles. The Bertz CT molecular complexity index is 812. The van der Waals surface area contributed by atoms with E-state index in [4.69, 9.17) is 0 Å². The van der Waals surface area contributed by atoms with Crippen LogP contribution in [0.1, 0.15) is 24.1 Å². The summed E-state index contributed by atoms with van der Waals surface area (Å²) in [4.78, 5) is 24.7. The highest BCUT2D eigenvalue weighted by Crippen LogP contribution is 2.28. The lowest BCUT2D eigenvalue weighted by molar-refractivity contribution is -0.113. The van der Waals surface area contributed by atoms with E-state index in [-0.39, 0.29) is 11.9 Å². The van der Waals surface area contributed by atoms with Crippen molar-refractivity contribution >= 4 is 17.6 Å². The Kier molecular flexibility index (Phi) is 4.33. The van der Waals surface area contributed by atoms with Crippen molar-refractivity contribution in [2.75, 3.05) is 5.32 Å². The minimum Gasteiger partial charge on any atom is -0.327 e. The Labute approximate surface area is 140 Å². The highest BCUT2D eigenvalue weighted by atomic mass is 16.2. The van der Waals surface area contributed by atoms with Crippen LogP contribution in [-0.2, 0) is 4.79 Å². The first kappa shape index (κ1) is 15.8. The van der Waals surface area contributed by atoms with Crippen LogP contribution in [0.4, 0.5) is 10.5 Å². The molecule has 24 heavy (non-hydrogen) atoms. The van der Waals surface area contributed by atoms with Gasteiger partial charge in [-0.25, -0.2) is 4.79 Å². The van der Waals surface area contributed by atoms with E-state index in [1.54, 1.807) is 6.92 Å². The summed E-state index contributed by atoms with van der Waals surface area (Å²) in [5.41, 5.74) is 3.72. The molecule has 5 nitrogen and oxygen atoms in total. The number of aryl methyl sites for hydroxylation is 1. The SMILES string of the molecule is CC1=C(C(=O)Nc2ccccc2)[C@H](c2cccc(C)c2)NC(=O)N1. The van der Waals surface area contributed by atoms with Gasteiger partial charge in [-0.15, -0.1) is 0 Å². The molecule has 0 bridgehead atoms. The smallest absolute Gasteiger partial charge is 0.319 e. The minimum absolute atomic E-state index is 0.238. The van der Waals surface area contributed by atoms with Crippen LogP contribution in [0, 0.1) is 6.92 Å². The van der Waals surface area contributed by atoms with Crippen LogP contribution in [0.2, 0.25) is 0 Å². The van der Waals surface area contributed by atoms with Crippen molar-refractivity contribution in [1.82, 2.24) is 10.6 Å². The van der Waals surface area contributed by atoms with Crippen LogP contribution < -0.4 is 16.0 Å². The molecule has 0 saturated heterocycles. The summed E-state index contributed by atoms with van der Waals surface area (Å²) in [5.74, 6) is -0.238. The summed E-state index contributed by atoms with van der Waals surface area (Å²) >= 11 is 0. The molecule has 1 heterocycles. The van der Waals surface area contributed by atoms with E-state index in [0.29, 0.717) is 17.0 Å². The molecule has 0 spiro atoms. The Balaban J connectivity index is 1.96. The quantitative estimate of drug-likeness (QED) is 0.812. The van der Waals surface area contributed by atoms with Crippen molar-refractivity contribution in [3.05, 3.63) is 77.0 Å². The lowest BCUT2D eigenvalue weighted by atomic mass is 9.94. The van der Waals surface area contributed by atoms with Crippen LogP contribution in [0.15, 0.2) is 65.9 Å². The van der Waals surface area contributed by atoms with Crippen LogP contribution >= 0.6 is 0 Å². The zero-order chi connectivity index (χ0) is 17.1. The summed E-state index contributed by atoms with van der Waals surface area (Å²) in [6.45, 7) is 3.72. The standard InChI is InChI=1S/C19H19N3O2/c1-12-7-6-8-14(11-12)17-16(13(2)20-19(24)22-17)18(23)21-15-9-4-3-5-10-15/h3-11,17H,1-2H3,(H,21,23)(H2,20,22,24)/t17-/m0/s1. The molecule has 1 aliphatic rings. The van der Waals surface area contributed by atoms with E-state index in [0.717, 1.165) is 11.1 Å². The van der Waals surface area contributed by atoms with Gasteiger partial charge in [0.15, 0.2) is 0 Å². The number of rotatable bonds is 3. The van der Waals surface area contributed by atoms with Gasteiger partial charge in [-0.2, -0.15) is 0 Å². The number of nitrogens with one attached hydrogen (secondary N) is 3. The third-order valence-corrected chi connectivity index (χ3v) is 3.92. The van der Waals surface area contributed by atoms with Crippen LogP contribution in [0.3, 0.4) is 0 Å². The summed E-state index contributed by atoms with van der Waals surface area (Å²) in [6.07, 6.45) is 0. The molecule has 1 atom stereocenters. The summed E-state index contributed by atoms with van der Waals surface area (Å²) in [6, 6.07) is 16.2. The molecule has 3 N–H and O–H groups in total. The van der Waals surface area contributed by atoms with Gasteiger partial charge in [-0.3, -0.25) is 4.79 Å². The third-order valence-electron chi connectivity index (χ3n) is 3.92. The van der Waals surface area contributed by atoms with Crippen molar-refractivity contribution in [2.45, 2.75) is 19.9 Å². The zero-order valence-corrected chi connectivity index (χ0v) is 13.6. The molecule has 2 aromatic carbocycles. The van der Waals surface area contributed by atoms with Gasteiger partial charge in [0.25, 0.3) is 5.91 Å².